The summed E-state index contributed by atoms with van der Waals surface area (Å²) in [5.41, 5.74) is 3.39. The SMILES string of the molecule is COc1ccc(OC)c(-c2nc(Sc3ccc(C(C)(C)C)cc3)c(C)[nH]2)c1. The van der Waals surface area contributed by atoms with Crippen LogP contribution in [-0.4, -0.2) is 24.2 Å². The third-order valence-electron chi connectivity index (χ3n) is 4.44. The van der Waals surface area contributed by atoms with E-state index in [1.165, 1.54) is 10.5 Å². The second-order valence-corrected chi connectivity index (χ2v) is 8.52. The van der Waals surface area contributed by atoms with Crippen molar-refractivity contribution in [2.24, 2.45) is 0 Å². The molecule has 142 valence electrons. The monoisotopic (exact) mass is 382 g/mol. The van der Waals surface area contributed by atoms with Gasteiger partial charge in [0.05, 0.1) is 19.8 Å². The molecule has 0 aliphatic heterocycles. The topological polar surface area (TPSA) is 47.1 Å². The number of benzene rings is 2. The Hall–Kier alpha value is -2.40. The van der Waals surface area contributed by atoms with Gasteiger partial charge < -0.3 is 14.5 Å². The third-order valence-corrected chi connectivity index (χ3v) is 5.54. The standard InChI is InChI=1S/C22H26N2O2S/c1-14-21(27-17-10-7-15(8-11-17)22(2,3)4)24-20(23-14)18-13-16(25-5)9-12-19(18)26-6/h7-13H,1-6H3,(H,23,24). The first-order valence-corrected chi connectivity index (χ1v) is 9.71. The van der Waals surface area contributed by atoms with E-state index in [1.807, 2.05) is 25.1 Å². The van der Waals surface area contributed by atoms with E-state index >= 15 is 0 Å². The number of aromatic amines is 1. The van der Waals surface area contributed by atoms with Gasteiger partial charge >= 0.3 is 0 Å². The molecule has 4 nitrogen and oxygen atoms in total. The van der Waals surface area contributed by atoms with E-state index in [1.54, 1.807) is 26.0 Å². The van der Waals surface area contributed by atoms with Gasteiger partial charge in [0, 0.05) is 10.6 Å². The fraction of sp³-hybridized carbons (Fsp3) is 0.318. The van der Waals surface area contributed by atoms with Crippen molar-refractivity contribution in [1.29, 1.82) is 0 Å². The van der Waals surface area contributed by atoms with Gasteiger partial charge in [-0.2, -0.15) is 0 Å². The predicted octanol–water partition coefficient (Wildman–Crippen LogP) is 5.85. The molecule has 0 aliphatic carbocycles. The average molecular weight is 383 g/mol. The van der Waals surface area contributed by atoms with Crippen LogP contribution in [-0.2, 0) is 5.41 Å². The van der Waals surface area contributed by atoms with Gasteiger partial charge in [0.15, 0.2) is 0 Å². The molecule has 1 N–H and O–H groups in total. The highest BCUT2D eigenvalue weighted by molar-refractivity contribution is 7.99. The molecule has 1 aromatic heterocycles. The maximum Gasteiger partial charge on any atom is 0.142 e. The number of H-pyrrole nitrogens is 1. The first-order chi connectivity index (χ1) is 12.8. The van der Waals surface area contributed by atoms with Crippen LogP contribution in [0, 0.1) is 6.92 Å². The van der Waals surface area contributed by atoms with Gasteiger partial charge in [-0.15, -0.1) is 0 Å². The molecule has 0 bridgehead atoms. The van der Waals surface area contributed by atoms with E-state index in [0.717, 1.165) is 33.6 Å². The third kappa shape index (κ3) is 4.30. The zero-order valence-electron chi connectivity index (χ0n) is 16.7. The Kier molecular flexibility index (Phi) is 5.51. The van der Waals surface area contributed by atoms with E-state index in [-0.39, 0.29) is 5.41 Å². The van der Waals surface area contributed by atoms with Crippen LogP contribution in [0.2, 0.25) is 0 Å². The van der Waals surface area contributed by atoms with Crippen LogP contribution in [0.4, 0.5) is 0 Å². The highest BCUT2D eigenvalue weighted by Crippen LogP contribution is 2.36. The summed E-state index contributed by atoms with van der Waals surface area (Å²) in [6, 6.07) is 14.4. The van der Waals surface area contributed by atoms with Crippen molar-refractivity contribution < 1.29 is 9.47 Å². The van der Waals surface area contributed by atoms with Gasteiger partial charge in [0.25, 0.3) is 0 Å². The van der Waals surface area contributed by atoms with Crippen LogP contribution in [0.25, 0.3) is 11.4 Å². The second kappa shape index (κ2) is 7.69. The number of ether oxygens (including phenoxy) is 2. The largest absolute Gasteiger partial charge is 0.497 e. The van der Waals surface area contributed by atoms with Crippen molar-refractivity contribution in [2.45, 2.75) is 43.0 Å². The molecule has 0 unspecified atom stereocenters. The van der Waals surface area contributed by atoms with E-state index < -0.39 is 0 Å². The summed E-state index contributed by atoms with van der Waals surface area (Å²) in [6.07, 6.45) is 0. The highest BCUT2D eigenvalue weighted by atomic mass is 32.2. The van der Waals surface area contributed by atoms with E-state index in [9.17, 15) is 0 Å². The van der Waals surface area contributed by atoms with Crippen molar-refractivity contribution in [1.82, 2.24) is 9.97 Å². The fourth-order valence-electron chi connectivity index (χ4n) is 2.81. The Labute approximate surface area is 165 Å². The summed E-state index contributed by atoms with van der Waals surface area (Å²) >= 11 is 1.66. The van der Waals surface area contributed by atoms with Gasteiger partial charge in [-0.1, -0.05) is 44.7 Å². The molecule has 27 heavy (non-hydrogen) atoms. The Balaban J connectivity index is 1.89. The number of hydrogen-bond donors (Lipinski definition) is 1. The van der Waals surface area contributed by atoms with Crippen molar-refractivity contribution in [3.05, 3.63) is 53.7 Å². The lowest BCUT2D eigenvalue weighted by molar-refractivity contribution is 0.404. The zero-order valence-corrected chi connectivity index (χ0v) is 17.5. The lowest BCUT2D eigenvalue weighted by Gasteiger charge is -2.18. The van der Waals surface area contributed by atoms with Crippen LogP contribution >= 0.6 is 11.8 Å². The van der Waals surface area contributed by atoms with Gasteiger partial charge in [0.1, 0.15) is 22.3 Å². The molecule has 0 fully saturated rings. The summed E-state index contributed by atoms with van der Waals surface area (Å²) in [4.78, 5) is 9.35. The lowest BCUT2D eigenvalue weighted by atomic mass is 9.87. The molecular weight excluding hydrogens is 356 g/mol. The van der Waals surface area contributed by atoms with E-state index in [2.05, 4.69) is 50.0 Å². The van der Waals surface area contributed by atoms with E-state index in [0.29, 0.717) is 0 Å². The van der Waals surface area contributed by atoms with Gasteiger partial charge in [-0.25, -0.2) is 4.98 Å². The number of methoxy groups -OCH3 is 2. The molecule has 0 aliphatic rings. The van der Waals surface area contributed by atoms with Crippen LogP contribution in [0.3, 0.4) is 0 Å². The molecule has 0 atom stereocenters. The summed E-state index contributed by atoms with van der Waals surface area (Å²) in [5, 5.41) is 0.957. The minimum Gasteiger partial charge on any atom is -0.497 e. The molecule has 0 amide bonds. The predicted molar refractivity (Wildman–Crippen MR) is 111 cm³/mol. The molecule has 1 heterocycles. The first kappa shape index (κ1) is 19.4. The number of aryl methyl sites for hydroxylation is 1. The fourth-order valence-corrected chi connectivity index (χ4v) is 3.64. The Morgan fingerprint density at radius 3 is 2.26 bits per heavy atom. The molecular formula is C22H26N2O2S. The Morgan fingerprint density at radius 2 is 1.67 bits per heavy atom. The number of hydrogen-bond acceptors (Lipinski definition) is 4. The number of nitrogens with one attached hydrogen (secondary N) is 1. The number of imidazole rings is 1. The molecule has 3 aromatic rings. The van der Waals surface area contributed by atoms with Crippen LogP contribution < -0.4 is 9.47 Å². The quantitative estimate of drug-likeness (QED) is 0.601. The summed E-state index contributed by atoms with van der Waals surface area (Å²) in [6.45, 7) is 8.71. The molecule has 5 heteroatoms. The summed E-state index contributed by atoms with van der Waals surface area (Å²) < 4.78 is 10.8. The molecule has 0 saturated carbocycles. The maximum absolute atomic E-state index is 5.49. The van der Waals surface area contributed by atoms with Gasteiger partial charge in [-0.3, -0.25) is 0 Å². The molecule has 2 aromatic carbocycles. The first-order valence-electron chi connectivity index (χ1n) is 8.89. The van der Waals surface area contributed by atoms with Crippen molar-refractivity contribution >= 4 is 11.8 Å². The average Bonchev–Trinajstić information content (AvgIpc) is 3.01. The van der Waals surface area contributed by atoms with E-state index in [4.69, 9.17) is 14.5 Å². The van der Waals surface area contributed by atoms with Gasteiger partial charge in [-0.05, 0) is 48.2 Å². The minimum absolute atomic E-state index is 0.154. The van der Waals surface area contributed by atoms with Crippen LogP contribution in [0.1, 0.15) is 32.0 Å². The molecule has 0 radical (unpaired) electrons. The van der Waals surface area contributed by atoms with Crippen LogP contribution in [0.15, 0.2) is 52.4 Å². The minimum atomic E-state index is 0.154. The Morgan fingerprint density at radius 1 is 0.963 bits per heavy atom. The smallest absolute Gasteiger partial charge is 0.142 e. The number of nitrogens with zero attached hydrogens (tertiary/aromatic N) is 1. The van der Waals surface area contributed by atoms with Crippen molar-refractivity contribution in [3.63, 3.8) is 0 Å². The second-order valence-electron chi connectivity index (χ2n) is 7.46. The number of rotatable bonds is 5. The van der Waals surface area contributed by atoms with Gasteiger partial charge in [0.2, 0.25) is 0 Å². The summed E-state index contributed by atoms with van der Waals surface area (Å²) in [7, 11) is 3.31. The zero-order chi connectivity index (χ0) is 19.6. The number of aromatic nitrogens is 2. The maximum atomic E-state index is 5.49. The molecule has 3 rings (SSSR count). The van der Waals surface area contributed by atoms with Crippen molar-refractivity contribution in [2.75, 3.05) is 14.2 Å². The lowest BCUT2D eigenvalue weighted by Crippen LogP contribution is -2.10. The molecule has 0 spiro atoms. The normalized spacial score (nSPS) is 11.5. The molecule has 0 saturated heterocycles. The Bertz CT molecular complexity index is 924. The van der Waals surface area contributed by atoms with Crippen molar-refractivity contribution in [3.8, 4) is 22.9 Å². The van der Waals surface area contributed by atoms with Crippen LogP contribution in [0.5, 0.6) is 11.5 Å². The summed E-state index contributed by atoms with van der Waals surface area (Å²) in [5.74, 6) is 2.31. The highest BCUT2D eigenvalue weighted by Gasteiger charge is 2.16.